The van der Waals surface area contributed by atoms with Crippen LogP contribution in [0.3, 0.4) is 0 Å². The lowest BCUT2D eigenvalue weighted by Crippen LogP contribution is -2.38. The number of aliphatic imine (C=N–C) groups is 1. The van der Waals surface area contributed by atoms with Gasteiger partial charge in [-0.25, -0.2) is 14.2 Å². The van der Waals surface area contributed by atoms with Crippen LogP contribution in [0.5, 0.6) is 0 Å². The van der Waals surface area contributed by atoms with Crippen molar-refractivity contribution in [2.45, 2.75) is 32.2 Å². The van der Waals surface area contributed by atoms with Gasteiger partial charge in [-0.05, 0) is 42.9 Å². The first-order chi connectivity index (χ1) is 17.1. The van der Waals surface area contributed by atoms with Crippen molar-refractivity contribution in [3.05, 3.63) is 88.2 Å². The number of nitrogens with zero attached hydrogens (tertiary/aromatic N) is 3. The number of hydrogen-bond donors (Lipinski definition) is 0. The first kappa shape index (κ1) is 23.4. The van der Waals surface area contributed by atoms with E-state index < -0.39 is 17.8 Å². The summed E-state index contributed by atoms with van der Waals surface area (Å²) in [4.78, 5) is 35.1. The van der Waals surface area contributed by atoms with Gasteiger partial charge >= 0.3 is 5.97 Å². The lowest BCUT2D eigenvalue weighted by Gasteiger charge is -2.37. The van der Waals surface area contributed by atoms with Crippen molar-refractivity contribution in [1.29, 1.82) is 0 Å². The number of thioether (sulfide) groups is 1. The van der Waals surface area contributed by atoms with Gasteiger partial charge in [0.15, 0.2) is 5.17 Å². The maximum absolute atomic E-state index is 14.4. The number of likely N-dealkylation sites (tertiary alicyclic amines) is 1. The second kappa shape index (κ2) is 10.1. The maximum atomic E-state index is 14.4. The third-order valence-corrected chi connectivity index (χ3v) is 7.20. The molecule has 1 amide bonds. The van der Waals surface area contributed by atoms with Crippen LogP contribution in [0.4, 0.5) is 4.39 Å². The Hall–Kier alpha value is -3.39. The van der Waals surface area contributed by atoms with E-state index in [9.17, 15) is 14.0 Å². The standard InChI is InChI=1S/C27H26FN3O3S/c1-2-34-26(33)23-24(18-9-4-3-5-10-18)29-27-31(25(23)19-11-8-12-20(28)15-19)21(17-35-27)16-22(32)30-13-6-7-14-30/h3-5,8-12,15,17,25H,2,6-7,13-14,16H2,1H3. The number of amides is 1. The molecule has 3 heterocycles. The molecule has 8 heteroatoms. The molecular formula is C27H26FN3O3S. The molecule has 1 fully saturated rings. The summed E-state index contributed by atoms with van der Waals surface area (Å²) in [5.74, 6) is -0.865. The molecule has 2 aromatic rings. The highest BCUT2D eigenvalue weighted by molar-refractivity contribution is 8.16. The average molecular weight is 492 g/mol. The van der Waals surface area contributed by atoms with E-state index in [0.717, 1.165) is 37.2 Å². The molecule has 0 saturated carbocycles. The summed E-state index contributed by atoms with van der Waals surface area (Å²) in [6, 6.07) is 15.0. The number of esters is 1. The van der Waals surface area contributed by atoms with Gasteiger partial charge in [0.25, 0.3) is 0 Å². The Morgan fingerprint density at radius 1 is 1.11 bits per heavy atom. The lowest BCUT2D eigenvalue weighted by atomic mass is 9.91. The van der Waals surface area contributed by atoms with Gasteiger partial charge in [0.2, 0.25) is 5.91 Å². The van der Waals surface area contributed by atoms with Crippen molar-refractivity contribution in [3.63, 3.8) is 0 Å². The summed E-state index contributed by atoms with van der Waals surface area (Å²) in [6.07, 6.45) is 2.21. The minimum atomic E-state index is -0.680. The number of halogens is 1. The number of amidine groups is 1. The number of benzene rings is 2. The minimum Gasteiger partial charge on any atom is -0.463 e. The number of carbonyl (C=O) groups excluding carboxylic acids is 2. The molecule has 1 unspecified atom stereocenters. The fourth-order valence-electron chi connectivity index (χ4n) is 4.71. The van der Waals surface area contributed by atoms with Crippen LogP contribution < -0.4 is 0 Å². The highest BCUT2D eigenvalue weighted by atomic mass is 32.2. The predicted molar refractivity (Wildman–Crippen MR) is 135 cm³/mol. The molecule has 1 saturated heterocycles. The van der Waals surface area contributed by atoms with Gasteiger partial charge in [-0.2, -0.15) is 0 Å². The van der Waals surface area contributed by atoms with Gasteiger partial charge in [0.1, 0.15) is 5.82 Å². The van der Waals surface area contributed by atoms with Crippen LogP contribution in [0.1, 0.15) is 43.4 Å². The normalized spacial score (nSPS) is 19.4. The molecule has 0 aromatic heterocycles. The average Bonchev–Trinajstić information content (AvgIpc) is 3.54. The summed E-state index contributed by atoms with van der Waals surface area (Å²) in [5.41, 5.74) is 2.93. The Morgan fingerprint density at radius 3 is 2.60 bits per heavy atom. The number of rotatable bonds is 6. The highest BCUT2D eigenvalue weighted by Gasteiger charge is 2.42. The molecule has 0 aliphatic carbocycles. The van der Waals surface area contributed by atoms with Crippen LogP contribution in [0, 0.1) is 5.82 Å². The summed E-state index contributed by atoms with van der Waals surface area (Å²) in [5, 5.41) is 2.56. The quantitative estimate of drug-likeness (QED) is 0.526. The Morgan fingerprint density at radius 2 is 1.89 bits per heavy atom. The molecule has 3 aliphatic heterocycles. The monoisotopic (exact) mass is 491 g/mol. The fraction of sp³-hybridized carbons (Fsp3) is 0.296. The minimum absolute atomic E-state index is 0.0455. The summed E-state index contributed by atoms with van der Waals surface area (Å²) < 4.78 is 19.9. The molecule has 1 atom stereocenters. The second-order valence-corrected chi connectivity index (χ2v) is 9.40. The maximum Gasteiger partial charge on any atom is 0.338 e. The zero-order valence-electron chi connectivity index (χ0n) is 19.4. The van der Waals surface area contributed by atoms with Crippen LogP contribution in [0.15, 0.2) is 76.3 Å². The zero-order valence-corrected chi connectivity index (χ0v) is 20.3. The van der Waals surface area contributed by atoms with Crippen molar-refractivity contribution in [2.24, 2.45) is 4.99 Å². The van der Waals surface area contributed by atoms with Crippen LogP contribution in [-0.4, -0.2) is 46.5 Å². The SMILES string of the molecule is CCOC(=O)C1=C(c2ccccc2)N=C2SC=C(CC(=O)N3CCCC3)N2C1c1cccc(F)c1. The third kappa shape index (κ3) is 4.62. The zero-order chi connectivity index (χ0) is 24.4. The van der Waals surface area contributed by atoms with Gasteiger partial charge in [-0.3, -0.25) is 4.79 Å². The van der Waals surface area contributed by atoms with Crippen molar-refractivity contribution in [1.82, 2.24) is 9.80 Å². The molecule has 3 aliphatic rings. The molecule has 0 radical (unpaired) electrons. The summed E-state index contributed by atoms with van der Waals surface area (Å²) >= 11 is 1.41. The first-order valence-corrected chi connectivity index (χ1v) is 12.7. The van der Waals surface area contributed by atoms with E-state index in [2.05, 4.69) is 0 Å². The van der Waals surface area contributed by atoms with Gasteiger partial charge < -0.3 is 14.5 Å². The molecule has 180 valence electrons. The Kier molecular flexibility index (Phi) is 6.72. The van der Waals surface area contributed by atoms with Crippen molar-refractivity contribution in [2.75, 3.05) is 19.7 Å². The Bertz CT molecular complexity index is 1240. The van der Waals surface area contributed by atoms with Crippen LogP contribution in [0.25, 0.3) is 5.70 Å². The van der Waals surface area contributed by atoms with E-state index in [1.165, 1.54) is 23.9 Å². The second-order valence-electron chi connectivity index (χ2n) is 8.56. The number of fused-ring (bicyclic) bond motifs is 1. The topological polar surface area (TPSA) is 62.2 Å². The molecule has 5 rings (SSSR count). The van der Waals surface area contributed by atoms with E-state index in [0.29, 0.717) is 22.0 Å². The van der Waals surface area contributed by atoms with Crippen LogP contribution >= 0.6 is 11.8 Å². The number of ether oxygens (including phenoxy) is 1. The molecule has 0 N–H and O–H groups in total. The van der Waals surface area contributed by atoms with E-state index in [-0.39, 0.29) is 18.9 Å². The Labute approximate surface area is 208 Å². The lowest BCUT2D eigenvalue weighted by molar-refractivity contribution is -0.139. The smallest absolute Gasteiger partial charge is 0.338 e. The molecule has 2 aromatic carbocycles. The molecule has 35 heavy (non-hydrogen) atoms. The highest BCUT2D eigenvalue weighted by Crippen LogP contribution is 2.47. The van der Waals surface area contributed by atoms with E-state index in [1.807, 2.05) is 45.5 Å². The van der Waals surface area contributed by atoms with Crippen LogP contribution in [0.2, 0.25) is 0 Å². The third-order valence-electron chi connectivity index (χ3n) is 6.31. The van der Waals surface area contributed by atoms with Gasteiger partial charge in [0.05, 0.1) is 30.3 Å². The van der Waals surface area contributed by atoms with E-state index >= 15 is 0 Å². The molecule has 6 nitrogen and oxygen atoms in total. The van der Waals surface area contributed by atoms with Gasteiger partial charge in [0, 0.05) is 24.4 Å². The van der Waals surface area contributed by atoms with E-state index in [1.54, 1.807) is 19.1 Å². The number of carbonyl (C=O) groups is 2. The van der Waals surface area contributed by atoms with Gasteiger partial charge in [-0.15, -0.1) is 0 Å². The van der Waals surface area contributed by atoms with E-state index in [4.69, 9.17) is 9.73 Å². The van der Waals surface area contributed by atoms with Crippen LogP contribution in [-0.2, 0) is 14.3 Å². The fourth-order valence-corrected chi connectivity index (χ4v) is 5.63. The predicted octanol–water partition coefficient (Wildman–Crippen LogP) is 5.11. The molecule has 0 bridgehead atoms. The number of hydrogen-bond acceptors (Lipinski definition) is 6. The largest absolute Gasteiger partial charge is 0.463 e. The molecular weight excluding hydrogens is 465 g/mol. The van der Waals surface area contributed by atoms with Crippen molar-refractivity contribution in [3.8, 4) is 0 Å². The van der Waals surface area contributed by atoms with Gasteiger partial charge in [-0.1, -0.05) is 54.2 Å². The molecule has 0 spiro atoms. The van der Waals surface area contributed by atoms with Crippen molar-refractivity contribution >= 4 is 34.5 Å². The first-order valence-electron chi connectivity index (χ1n) is 11.8. The summed E-state index contributed by atoms with van der Waals surface area (Å²) in [7, 11) is 0. The Balaban J connectivity index is 1.63. The summed E-state index contributed by atoms with van der Waals surface area (Å²) in [6.45, 7) is 3.47. The van der Waals surface area contributed by atoms with Crippen molar-refractivity contribution < 1.29 is 18.7 Å².